The third kappa shape index (κ3) is 3.08. The van der Waals surface area contributed by atoms with Crippen molar-refractivity contribution in [3.05, 3.63) is 58.0 Å². The van der Waals surface area contributed by atoms with Crippen LogP contribution in [-0.4, -0.2) is 4.92 Å². The molecule has 2 aromatic rings. The second-order valence-electron chi connectivity index (χ2n) is 3.97. The monoisotopic (exact) mass is 286 g/mol. The zero-order valence-corrected chi connectivity index (χ0v) is 9.98. The average molecular weight is 286 g/mol. The molecule has 0 saturated carbocycles. The van der Waals surface area contributed by atoms with Gasteiger partial charge in [-0.15, -0.1) is 0 Å². The fourth-order valence-electron chi connectivity index (χ4n) is 1.63. The van der Waals surface area contributed by atoms with Gasteiger partial charge in [0.15, 0.2) is 0 Å². The first-order valence-corrected chi connectivity index (χ1v) is 5.48. The van der Waals surface area contributed by atoms with Gasteiger partial charge in [0, 0.05) is 29.9 Å². The molecular formula is C12H9F3N2O3. The highest BCUT2D eigenvalue weighted by Crippen LogP contribution is 2.37. The molecule has 2 rings (SSSR count). The summed E-state index contributed by atoms with van der Waals surface area (Å²) in [6.07, 6.45) is -1.88. The highest BCUT2D eigenvalue weighted by Gasteiger charge is 2.35. The van der Waals surface area contributed by atoms with Crippen LogP contribution in [-0.2, 0) is 12.7 Å². The largest absolute Gasteiger partial charge is 0.472 e. The van der Waals surface area contributed by atoms with Crippen molar-refractivity contribution in [3.8, 4) is 0 Å². The molecule has 106 valence electrons. The number of halogens is 3. The molecule has 5 nitrogen and oxygen atoms in total. The Morgan fingerprint density at radius 1 is 1.30 bits per heavy atom. The topological polar surface area (TPSA) is 68.3 Å². The smallest absolute Gasteiger partial charge is 0.418 e. The van der Waals surface area contributed by atoms with E-state index >= 15 is 0 Å². The molecule has 0 radical (unpaired) electrons. The number of anilines is 1. The van der Waals surface area contributed by atoms with E-state index in [0.29, 0.717) is 11.6 Å². The minimum Gasteiger partial charge on any atom is -0.472 e. The van der Waals surface area contributed by atoms with E-state index in [-0.39, 0.29) is 12.2 Å². The SMILES string of the molecule is O=[N+]([O-])c1ccc(NCc2ccoc2)c(C(F)(F)F)c1. The van der Waals surface area contributed by atoms with Gasteiger partial charge in [-0.25, -0.2) is 0 Å². The number of alkyl halides is 3. The van der Waals surface area contributed by atoms with Crippen molar-refractivity contribution in [1.29, 1.82) is 0 Å². The zero-order valence-electron chi connectivity index (χ0n) is 9.98. The maximum atomic E-state index is 12.9. The molecule has 0 fully saturated rings. The van der Waals surface area contributed by atoms with Gasteiger partial charge in [0.1, 0.15) is 0 Å². The van der Waals surface area contributed by atoms with Crippen LogP contribution < -0.4 is 5.32 Å². The summed E-state index contributed by atoms with van der Waals surface area (Å²) in [7, 11) is 0. The molecule has 0 aliphatic carbocycles. The molecule has 20 heavy (non-hydrogen) atoms. The minimum absolute atomic E-state index is 0.122. The predicted octanol–water partition coefficient (Wildman–Crippen LogP) is 3.82. The molecule has 0 amide bonds. The van der Waals surface area contributed by atoms with Gasteiger partial charge < -0.3 is 9.73 Å². The van der Waals surface area contributed by atoms with Gasteiger partial charge in [0.25, 0.3) is 5.69 Å². The number of benzene rings is 1. The summed E-state index contributed by atoms with van der Waals surface area (Å²) in [5.74, 6) is 0. The van der Waals surface area contributed by atoms with Crippen molar-refractivity contribution in [2.75, 3.05) is 5.32 Å². The van der Waals surface area contributed by atoms with Crippen LogP contribution in [0.3, 0.4) is 0 Å². The Bertz CT molecular complexity index is 609. The molecule has 0 aliphatic rings. The summed E-state index contributed by atoms with van der Waals surface area (Å²) in [4.78, 5) is 9.68. The lowest BCUT2D eigenvalue weighted by Crippen LogP contribution is -2.11. The number of nitrogens with one attached hydrogen (secondary N) is 1. The standard InChI is InChI=1S/C12H9F3N2O3/c13-12(14,15)10-5-9(17(18)19)1-2-11(10)16-6-8-3-4-20-7-8/h1-5,7,16H,6H2. The van der Waals surface area contributed by atoms with Crippen LogP contribution in [0.5, 0.6) is 0 Å². The van der Waals surface area contributed by atoms with E-state index in [9.17, 15) is 23.3 Å². The summed E-state index contributed by atoms with van der Waals surface area (Å²) in [5.41, 5.74) is -1.23. The molecule has 0 spiro atoms. The van der Waals surface area contributed by atoms with Crippen LogP contribution in [0.1, 0.15) is 11.1 Å². The number of hydrogen-bond donors (Lipinski definition) is 1. The molecule has 1 heterocycles. The Hall–Kier alpha value is -2.51. The molecule has 0 atom stereocenters. The number of furan rings is 1. The van der Waals surface area contributed by atoms with Crippen molar-refractivity contribution in [2.45, 2.75) is 12.7 Å². The Kier molecular flexibility index (Phi) is 3.64. The first-order valence-electron chi connectivity index (χ1n) is 5.48. The van der Waals surface area contributed by atoms with E-state index < -0.39 is 22.4 Å². The lowest BCUT2D eigenvalue weighted by atomic mass is 10.1. The molecule has 0 saturated heterocycles. The van der Waals surface area contributed by atoms with Crippen LogP contribution in [0.4, 0.5) is 24.5 Å². The second kappa shape index (κ2) is 5.24. The quantitative estimate of drug-likeness (QED) is 0.685. The second-order valence-corrected chi connectivity index (χ2v) is 3.97. The number of non-ortho nitro benzene ring substituents is 1. The molecule has 1 aromatic carbocycles. The number of nitro benzene ring substituents is 1. The van der Waals surface area contributed by atoms with E-state index in [1.807, 2.05) is 0 Å². The van der Waals surface area contributed by atoms with Crippen LogP contribution in [0.25, 0.3) is 0 Å². The van der Waals surface area contributed by atoms with Crippen molar-refractivity contribution < 1.29 is 22.5 Å². The molecule has 0 unspecified atom stereocenters. The van der Waals surface area contributed by atoms with Gasteiger partial charge in [0.2, 0.25) is 0 Å². The fraction of sp³-hybridized carbons (Fsp3) is 0.167. The minimum atomic E-state index is -4.68. The lowest BCUT2D eigenvalue weighted by Gasteiger charge is -2.13. The first-order chi connectivity index (χ1) is 9.38. The molecule has 0 bridgehead atoms. The summed E-state index contributed by atoms with van der Waals surface area (Å²) < 4.78 is 43.4. The van der Waals surface area contributed by atoms with E-state index in [4.69, 9.17) is 4.42 Å². The fourth-order valence-corrected chi connectivity index (χ4v) is 1.63. The van der Waals surface area contributed by atoms with Crippen molar-refractivity contribution >= 4 is 11.4 Å². The van der Waals surface area contributed by atoms with Crippen LogP contribution in [0.15, 0.2) is 41.2 Å². The predicted molar refractivity (Wildman–Crippen MR) is 64.1 cm³/mol. The Morgan fingerprint density at radius 2 is 2.05 bits per heavy atom. The Morgan fingerprint density at radius 3 is 2.60 bits per heavy atom. The van der Waals surface area contributed by atoms with Crippen LogP contribution in [0, 0.1) is 10.1 Å². The zero-order chi connectivity index (χ0) is 14.8. The average Bonchev–Trinajstić information content (AvgIpc) is 2.88. The Balaban J connectivity index is 2.29. The van der Waals surface area contributed by atoms with E-state index in [1.54, 1.807) is 6.07 Å². The van der Waals surface area contributed by atoms with Gasteiger partial charge in [-0.3, -0.25) is 10.1 Å². The highest BCUT2D eigenvalue weighted by molar-refractivity contribution is 5.57. The van der Waals surface area contributed by atoms with Gasteiger partial charge in [-0.1, -0.05) is 0 Å². The van der Waals surface area contributed by atoms with Gasteiger partial charge in [0.05, 0.1) is 23.0 Å². The summed E-state index contributed by atoms with van der Waals surface area (Å²) in [6, 6.07) is 4.18. The number of nitro groups is 1. The van der Waals surface area contributed by atoms with Gasteiger partial charge in [-0.2, -0.15) is 13.2 Å². The number of nitrogens with zero attached hydrogens (tertiary/aromatic N) is 1. The molecule has 8 heteroatoms. The first kappa shape index (κ1) is 13.9. The van der Waals surface area contributed by atoms with Crippen molar-refractivity contribution in [1.82, 2.24) is 0 Å². The van der Waals surface area contributed by atoms with E-state index in [1.165, 1.54) is 12.5 Å². The summed E-state index contributed by atoms with van der Waals surface area (Å²) in [6.45, 7) is 0.122. The highest BCUT2D eigenvalue weighted by atomic mass is 19.4. The molecule has 1 aromatic heterocycles. The van der Waals surface area contributed by atoms with Crippen LogP contribution >= 0.6 is 0 Å². The molecule has 0 aliphatic heterocycles. The maximum Gasteiger partial charge on any atom is 0.418 e. The Labute approximate surface area is 111 Å². The van der Waals surface area contributed by atoms with Gasteiger partial charge >= 0.3 is 6.18 Å². The van der Waals surface area contributed by atoms with E-state index in [0.717, 1.165) is 12.1 Å². The normalized spacial score (nSPS) is 11.3. The third-order valence-electron chi connectivity index (χ3n) is 2.58. The molecule has 1 N–H and O–H groups in total. The molecular weight excluding hydrogens is 277 g/mol. The van der Waals surface area contributed by atoms with Crippen molar-refractivity contribution in [3.63, 3.8) is 0 Å². The summed E-state index contributed by atoms with van der Waals surface area (Å²) in [5, 5.41) is 13.1. The third-order valence-corrected chi connectivity index (χ3v) is 2.58. The van der Waals surface area contributed by atoms with Crippen LogP contribution in [0.2, 0.25) is 0 Å². The van der Waals surface area contributed by atoms with Crippen molar-refractivity contribution in [2.24, 2.45) is 0 Å². The maximum absolute atomic E-state index is 12.9. The lowest BCUT2D eigenvalue weighted by molar-refractivity contribution is -0.385. The number of hydrogen-bond acceptors (Lipinski definition) is 4. The van der Waals surface area contributed by atoms with Gasteiger partial charge in [-0.05, 0) is 12.1 Å². The van der Waals surface area contributed by atoms with E-state index in [2.05, 4.69) is 5.32 Å². The number of rotatable bonds is 4. The summed E-state index contributed by atoms with van der Waals surface area (Å²) >= 11 is 0.